The molecule has 4 atom stereocenters. The molecule has 0 fully saturated rings. The predicted molar refractivity (Wildman–Crippen MR) is 79.0 cm³/mol. The van der Waals surface area contributed by atoms with E-state index in [1.54, 1.807) is 19.1 Å². The van der Waals surface area contributed by atoms with Gasteiger partial charge in [-0.25, -0.2) is 4.79 Å². The summed E-state index contributed by atoms with van der Waals surface area (Å²) in [5.74, 6) is 0. The normalized spacial score (nSPS) is 31.9. The van der Waals surface area contributed by atoms with E-state index in [1.807, 2.05) is 20.8 Å². The second-order valence-electron chi connectivity index (χ2n) is 6.23. The molecule has 0 aliphatic heterocycles. The smallest absolute Gasteiger partial charge is 0.407 e. The number of aliphatic hydroxyl groups excluding tert-OH is 2. The molecule has 0 heterocycles. The largest absolute Gasteiger partial charge is 0.442 e. The molecule has 122 valence electrons. The van der Waals surface area contributed by atoms with E-state index in [9.17, 15) is 15.0 Å². The lowest BCUT2D eigenvalue weighted by Gasteiger charge is -2.31. The molecule has 4 unspecified atom stereocenters. The van der Waals surface area contributed by atoms with Crippen LogP contribution >= 0.6 is 0 Å². The second kappa shape index (κ2) is 7.77. The van der Waals surface area contributed by atoms with Gasteiger partial charge in [-0.05, 0) is 33.8 Å². The van der Waals surface area contributed by atoms with Gasteiger partial charge in [-0.15, -0.1) is 0 Å². The summed E-state index contributed by atoms with van der Waals surface area (Å²) >= 11 is 0. The number of aliphatic hydroxyl groups is 2. The van der Waals surface area contributed by atoms with Crippen molar-refractivity contribution in [2.75, 3.05) is 6.54 Å². The Hall–Kier alpha value is -1.11. The van der Waals surface area contributed by atoms with Gasteiger partial charge in [-0.2, -0.15) is 0 Å². The maximum absolute atomic E-state index is 11.5. The molecule has 21 heavy (non-hydrogen) atoms. The van der Waals surface area contributed by atoms with E-state index in [1.165, 1.54) is 0 Å². The molecule has 0 bridgehead atoms. The van der Waals surface area contributed by atoms with Crippen molar-refractivity contribution < 1.29 is 24.5 Å². The maximum atomic E-state index is 11.5. The van der Waals surface area contributed by atoms with Crippen LogP contribution in [0.3, 0.4) is 0 Å². The molecular formula is C15H27NO5. The van der Waals surface area contributed by atoms with Gasteiger partial charge in [-0.1, -0.05) is 6.08 Å². The molecule has 1 aliphatic carbocycles. The lowest BCUT2D eigenvalue weighted by molar-refractivity contribution is -0.0806. The number of alkyl carbamates (subject to hydrolysis) is 1. The third-order valence-corrected chi connectivity index (χ3v) is 3.02. The molecule has 6 nitrogen and oxygen atoms in total. The Morgan fingerprint density at radius 3 is 2.24 bits per heavy atom. The first-order valence-electron chi connectivity index (χ1n) is 7.38. The number of hydrogen-bond donors (Lipinski definition) is 3. The van der Waals surface area contributed by atoms with Gasteiger partial charge in [0.15, 0.2) is 0 Å². The van der Waals surface area contributed by atoms with Crippen LogP contribution in [0.5, 0.6) is 0 Å². The first-order chi connectivity index (χ1) is 9.71. The standard InChI is InChI=1S/C15H27NO5/c1-5-16-14(19)20-10-6-7-11(21-15(2,3)4)9-13(18)12(17)8-10/h6-7,10-13,17-18H,5,8-9H2,1-4H3,(H,16,19)/b7-6+. The van der Waals surface area contributed by atoms with Gasteiger partial charge in [0, 0.05) is 19.4 Å². The monoisotopic (exact) mass is 301 g/mol. The van der Waals surface area contributed by atoms with Crippen LogP contribution in [0.25, 0.3) is 0 Å². The number of rotatable bonds is 3. The van der Waals surface area contributed by atoms with E-state index in [0.717, 1.165) is 0 Å². The molecule has 6 heteroatoms. The topological polar surface area (TPSA) is 88.0 Å². The Kier molecular flexibility index (Phi) is 6.64. The van der Waals surface area contributed by atoms with Crippen LogP contribution in [-0.4, -0.2) is 52.9 Å². The van der Waals surface area contributed by atoms with Crippen molar-refractivity contribution in [3.63, 3.8) is 0 Å². The third kappa shape index (κ3) is 6.93. The van der Waals surface area contributed by atoms with E-state index >= 15 is 0 Å². The fourth-order valence-electron chi connectivity index (χ4n) is 2.15. The van der Waals surface area contributed by atoms with Gasteiger partial charge in [0.25, 0.3) is 0 Å². The van der Waals surface area contributed by atoms with Crippen LogP contribution in [0.1, 0.15) is 40.5 Å². The SMILES string of the molecule is CCNC(=O)OC1/C=C/C(OC(C)(C)C)CC(O)C(O)C1. The van der Waals surface area contributed by atoms with Crippen LogP contribution in [0, 0.1) is 0 Å². The minimum atomic E-state index is -0.958. The first kappa shape index (κ1) is 17.9. The van der Waals surface area contributed by atoms with Crippen LogP contribution in [-0.2, 0) is 9.47 Å². The van der Waals surface area contributed by atoms with E-state index in [4.69, 9.17) is 9.47 Å². The van der Waals surface area contributed by atoms with Crippen molar-refractivity contribution in [2.24, 2.45) is 0 Å². The Labute approximate surface area is 126 Å². The summed E-state index contributed by atoms with van der Waals surface area (Å²) in [5.41, 5.74) is -0.366. The van der Waals surface area contributed by atoms with Gasteiger partial charge in [-0.3, -0.25) is 0 Å². The quantitative estimate of drug-likeness (QED) is 0.685. The number of carbonyl (C=O) groups is 1. The van der Waals surface area contributed by atoms with Gasteiger partial charge in [0.05, 0.1) is 23.9 Å². The molecular weight excluding hydrogens is 274 g/mol. The summed E-state index contributed by atoms with van der Waals surface area (Å²) in [6, 6.07) is 0. The second-order valence-corrected chi connectivity index (χ2v) is 6.23. The summed E-state index contributed by atoms with van der Waals surface area (Å²) in [4.78, 5) is 11.5. The molecule has 3 N–H and O–H groups in total. The molecule has 0 aromatic heterocycles. The summed E-state index contributed by atoms with van der Waals surface area (Å²) in [5, 5.41) is 22.5. The highest BCUT2D eigenvalue weighted by Crippen LogP contribution is 2.21. The minimum Gasteiger partial charge on any atom is -0.442 e. The fraction of sp³-hybridized carbons (Fsp3) is 0.800. The van der Waals surface area contributed by atoms with Gasteiger partial charge in [0.1, 0.15) is 6.10 Å². The molecule has 0 spiro atoms. The van der Waals surface area contributed by atoms with Crippen LogP contribution in [0.2, 0.25) is 0 Å². The Bertz CT molecular complexity index is 364. The maximum Gasteiger partial charge on any atom is 0.407 e. The summed E-state index contributed by atoms with van der Waals surface area (Å²) in [6.45, 7) is 8.03. The van der Waals surface area contributed by atoms with Gasteiger partial charge < -0.3 is 25.0 Å². The highest BCUT2D eigenvalue weighted by Gasteiger charge is 2.29. The van der Waals surface area contributed by atoms with E-state index in [2.05, 4.69) is 5.32 Å². The van der Waals surface area contributed by atoms with Gasteiger partial charge in [0.2, 0.25) is 0 Å². The average molecular weight is 301 g/mol. The van der Waals surface area contributed by atoms with Gasteiger partial charge >= 0.3 is 6.09 Å². The van der Waals surface area contributed by atoms with Crippen molar-refractivity contribution in [1.82, 2.24) is 5.32 Å². The van der Waals surface area contributed by atoms with Crippen molar-refractivity contribution in [2.45, 2.75) is 70.6 Å². The van der Waals surface area contributed by atoms with Crippen molar-refractivity contribution in [3.05, 3.63) is 12.2 Å². The average Bonchev–Trinajstić information content (AvgIpc) is 2.32. The molecule has 0 radical (unpaired) electrons. The highest BCUT2D eigenvalue weighted by atomic mass is 16.6. The summed E-state index contributed by atoms with van der Waals surface area (Å²) in [7, 11) is 0. The molecule has 1 rings (SSSR count). The zero-order chi connectivity index (χ0) is 16.0. The van der Waals surface area contributed by atoms with E-state index in [0.29, 0.717) is 13.0 Å². The number of carbonyl (C=O) groups excluding carboxylic acids is 1. The van der Waals surface area contributed by atoms with Crippen molar-refractivity contribution in [3.8, 4) is 0 Å². The predicted octanol–water partition coefficient (Wildman–Crippen LogP) is 1.36. The Balaban J connectivity index is 2.75. The Morgan fingerprint density at radius 1 is 1.19 bits per heavy atom. The van der Waals surface area contributed by atoms with E-state index in [-0.39, 0.29) is 18.1 Å². The molecule has 0 saturated heterocycles. The fourth-order valence-corrected chi connectivity index (χ4v) is 2.15. The zero-order valence-electron chi connectivity index (χ0n) is 13.2. The molecule has 0 aromatic rings. The molecule has 0 saturated carbocycles. The molecule has 0 aromatic carbocycles. The third-order valence-electron chi connectivity index (χ3n) is 3.02. The molecule has 1 aliphatic rings. The lowest BCUT2D eigenvalue weighted by Crippen LogP contribution is -2.39. The minimum absolute atomic E-state index is 0.164. The van der Waals surface area contributed by atoms with Crippen molar-refractivity contribution >= 4 is 6.09 Å². The van der Waals surface area contributed by atoms with Crippen LogP contribution < -0.4 is 5.32 Å². The summed E-state index contributed by atoms with van der Waals surface area (Å²) < 4.78 is 11.0. The highest BCUT2D eigenvalue weighted by molar-refractivity contribution is 5.67. The molecule has 1 amide bonds. The lowest BCUT2D eigenvalue weighted by atomic mass is 9.96. The number of nitrogens with one attached hydrogen (secondary N) is 1. The Morgan fingerprint density at radius 2 is 1.71 bits per heavy atom. The number of hydrogen-bond acceptors (Lipinski definition) is 5. The first-order valence-corrected chi connectivity index (χ1v) is 7.38. The van der Waals surface area contributed by atoms with Crippen LogP contribution in [0.4, 0.5) is 4.79 Å². The zero-order valence-corrected chi connectivity index (χ0v) is 13.2. The van der Waals surface area contributed by atoms with Crippen LogP contribution in [0.15, 0.2) is 12.2 Å². The van der Waals surface area contributed by atoms with Crippen molar-refractivity contribution in [1.29, 1.82) is 0 Å². The van der Waals surface area contributed by atoms with E-state index < -0.39 is 24.4 Å². The number of ether oxygens (including phenoxy) is 2. The summed E-state index contributed by atoms with van der Waals surface area (Å²) in [6.07, 6.45) is 0.624. The number of amides is 1.